The second-order valence-electron chi connectivity index (χ2n) is 10.5. The number of piperidine rings is 1. The van der Waals surface area contributed by atoms with Gasteiger partial charge >= 0.3 is 0 Å². The first-order valence-electron chi connectivity index (χ1n) is 14.2. The minimum absolute atomic E-state index is 0.124. The van der Waals surface area contributed by atoms with E-state index in [0.29, 0.717) is 30.9 Å². The van der Waals surface area contributed by atoms with Gasteiger partial charge in [-0.05, 0) is 61.2 Å². The number of likely N-dealkylation sites (tertiary alicyclic amines) is 1. The van der Waals surface area contributed by atoms with Gasteiger partial charge < -0.3 is 14.8 Å². The lowest BCUT2D eigenvalue weighted by molar-refractivity contribution is 0.0739. The number of nitrogens with zero attached hydrogens (tertiary/aromatic N) is 4. The molecule has 5 rings (SSSR count). The fourth-order valence-corrected chi connectivity index (χ4v) is 5.98. The molecule has 1 fully saturated rings. The fourth-order valence-electron chi connectivity index (χ4n) is 5.21. The van der Waals surface area contributed by atoms with Crippen molar-refractivity contribution >= 4 is 23.2 Å². The lowest BCUT2D eigenvalue weighted by Gasteiger charge is -2.32. The molecule has 1 N–H and O–H groups in total. The molecule has 0 aliphatic carbocycles. The molecule has 0 bridgehead atoms. The highest BCUT2D eigenvalue weighted by Gasteiger charge is 2.23. The molecule has 1 aliphatic heterocycles. The number of carbonyl (C=O) groups is 2. The van der Waals surface area contributed by atoms with Gasteiger partial charge in [-0.15, -0.1) is 11.3 Å². The SMILES string of the molecule is CCCN(Cc1cccn1Cc1nc(C(=O)NC2CCN(Cc3ccccc3)CC2)cs1)C(=O)c1ccc(F)cc1. The van der Waals surface area contributed by atoms with Gasteiger partial charge in [0.25, 0.3) is 11.8 Å². The largest absolute Gasteiger partial charge is 0.348 e. The minimum atomic E-state index is -0.363. The molecule has 9 heteroatoms. The molecule has 4 aromatic rings. The van der Waals surface area contributed by atoms with Gasteiger partial charge in [0, 0.05) is 55.1 Å². The summed E-state index contributed by atoms with van der Waals surface area (Å²) < 4.78 is 15.4. The van der Waals surface area contributed by atoms with Crippen LogP contribution in [0.3, 0.4) is 0 Å². The molecule has 214 valence electrons. The van der Waals surface area contributed by atoms with Gasteiger partial charge in [0.05, 0.1) is 13.1 Å². The molecule has 0 saturated carbocycles. The Bertz CT molecular complexity index is 1430. The normalized spacial score (nSPS) is 14.2. The molecular formula is C32H36FN5O2S. The van der Waals surface area contributed by atoms with Crippen LogP contribution in [0.25, 0.3) is 0 Å². The third-order valence-corrected chi connectivity index (χ3v) is 8.24. The Morgan fingerprint density at radius 3 is 2.51 bits per heavy atom. The van der Waals surface area contributed by atoms with E-state index < -0.39 is 0 Å². The fraction of sp³-hybridized carbons (Fsp3) is 0.344. The maximum Gasteiger partial charge on any atom is 0.270 e. The lowest BCUT2D eigenvalue weighted by atomic mass is 10.0. The van der Waals surface area contributed by atoms with Crippen LogP contribution in [0, 0.1) is 5.82 Å². The smallest absolute Gasteiger partial charge is 0.270 e. The highest BCUT2D eigenvalue weighted by Crippen LogP contribution is 2.18. The second kappa shape index (κ2) is 13.7. The van der Waals surface area contributed by atoms with Crippen LogP contribution in [0.4, 0.5) is 4.39 Å². The number of amides is 2. The number of aromatic nitrogens is 2. The Morgan fingerprint density at radius 1 is 1.02 bits per heavy atom. The topological polar surface area (TPSA) is 70.5 Å². The molecule has 0 atom stereocenters. The number of halogens is 1. The van der Waals surface area contributed by atoms with Crippen molar-refractivity contribution in [1.29, 1.82) is 0 Å². The van der Waals surface area contributed by atoms with Crippen molar-refractivity contribution in [1.82, 2.24) is 24.7 Å². The van der Waals surface area contributed by atoms with Crippen LogP contribution >= 0.6 is 11.3 Å². The summed E-state index contributed by atoms with van der Waals surface area (Å²) in [4.78, 5) is 34.9. The molecule has 2 amide bonds. The van der Waals surface area contributed by atoms with E-state index in [2.05, 4.69) is 44.0 Å². The molecule has 2 aromatic heterocycles. The van der Waals surface area contributed by atoms with Gasteiger partial charge in [-0.2, -0.15) is 0 Å². The van der Waals surface area contributed by atoms with Crippen LogP contribution in [0.1, 0.15) is 63.3 Å². The highest BCUT2D eigenvalue weighted by atomic mass is 32.1. The molecule has 7 nitrogen and oxygen atoms in total. The van der Waals surface area contributed by atoms with Gasteiger partial charge in [-0.25, -0.2) is 9.37 Å². The Hall–Kier alpha value is -3.82. The van der Waals surface area contributed by atoms with Gasteiger partial charge in [0.15, 0.2) is 0 Å². The minimum Gasteiger partial charge on any atom is -0.348 e. The van der Waals surface area contributed by atoms with Crippen molar-refractivity contribution in [2.75, 3.05) is 19.6 Å². The maximum atomic E-state index is 13.4. The third kappa shape index (κ3) is 7.68. The van der Waals surface area contributed by atoms with E-state index in [1.165, 1.54) is 41.2 Å². The summed E-state index contributed by atoms with van der Waals surface area (Å²) in [5.74, 6) is -0.613. The number of hydrogen-bond acceptors (Lipinski definition) is 5. The average Bonchev–Trinajstić information content (AvgIpc) is 3.64. The van der Waals surface area contributed by atoms with E-state index in [9.17, 15) is 14.0 Å². The van der Waals surface area contributed by atoms with Crippen molar-refractivity contribution in [3.05, 3.63) is 112 Å². The van der Waals surface area contributed by atoms with Gasteiger partial charge in [-0.1, -0.05) is 37.3 Å². The van der Waals surface area contributed by atoms with Gasteiger partial charge in [0.1, 0.15) is 16.5 Å². The predicted octanol–water partition coefficient (Wildman–Crippen LogP) is 5.58. The van der Waals surface area contributed by atoms with Crippen LogP contribution in [-0.2, 0) is 19.6 Å². The molecule has 1 aliphatic rings. The average molecular weight is 574 g/mol. The zero-order valence-electron chi connectivity index (χ0n) is 23.3. The summed E-state index contributed by atoms with van der Waals surface area (Å²) >= 11 is 1.47. The molecular weight excluding hydrogens is 537 g/mol. The monoisotopic (exact) mass is 573 g/mol. The van der Waals surface area contributed by atoms with Gasteiger partial charge in [0.2, 0.25) is 0 Å². The number of nitrogens with one attached hydrogen (secondary N) is 1. The van der Waals surface area contributed by atoms with Crippen LogP contribution in [0.15, 0.2) is 78.3 Å². The first kappa shape index (κ1) is 28.7. The Labute approximate surface area is 244 Å². The molecule has 2 aromatic carbocycles. The summed E-state index contributed by atoms with van der Waals surface area (Å²) in [6.45, 7) is 6.42. The standard InChI is InChI=1S/C32H36FN5O2S/c1-2-16-38(32(40)25-10-12-26(33)13-11-25)21-28-9-6-17-37(28)22-30-35-29(23-41-30)31(39)34-27-14-18-36(19-15-27)20-24-7-4-3-5-8-24/h3-13,17,23,27H,2,14-16,18-22H2,1H3,(H,34,39). The van der Waals surface area contributed by atoms with Crippen LogP contribution in [0.5, 0.6) is 0 Å². The van der Waals surface area contributed by atoms with E-state index in [1.807, 2.05) is 36.7 Å². The number of thiazole rings is 1. The lowest BCUT2D eigenvalue weighted by Crippen LogP contribution is -2.44. The Kier molecular flexibility index (Phi) is 9.59. The predicted molar refractivity (Wildman–Crippen MR) is 159 cm³/mol. The highest BCUT2D eigenvalue weighted by molar-refractivity contribution is 7.09. The molecule has 0 spiro atoms. The number of benzene rings is 2. The Morgan fingerprint density at radius 2 is 1.78 bits per heavy atom. The summed E-state index contributed by atoms with van der Waals surface area (Å²) in [7, 11) is 0. The summed E-state index contributed by atoms with van der Waals surface area (Å²) in [5.41, 5.74) is 3.20. The summed E-state index contributed by atoms with van der Waals surface area (Å²) in [6.07, 6.45) is 4.62. The first-order chi connectivity index (χ1) is 20.0. The van der Waals surface area contributed by atoms with Crippen LogP contribution < -0.4 is 5.32 Å². The van der Waals surface area contributed by atoms with Crippen molar-refractivity contribution in [3.8, 4) is 0 Å². The Balaban J connectivity index is 1.15. The third-order valence-electron chi connectivity index (χ3n) is 7.41. The summed E-state index contributed by atoms with van der Waals surface area (Å²) in [5, 5.41) is 5.83. The molecule has 0 radical (unpaired) electrons. The van der Waals surface area contributed by atoms with E-state index in [-0.39, 0.29) is 23.7 Å². The van der Waals surface area contributed by atoms with Crippen LogP contribution in [0.2, 0.25) is 0 Å². The number of hydrogen-bond donors (Lipinski definition) is 1. The van der Waals surface area contributed by atoms with Crippen molar-refractivity contribution in [2.45, 2.75) is 51.9 Å². The zero-order chi connectivity index (χ0) is 28.6. The number of carbonyl (C=O) groups excluding carboxylic acids is 2. The molecule has 41 heavy (non-hydrogen) atoms. The second-order valence-corrected chi connectivity index (χ2v) is 11.4. The van der Waals surface area contributed by atoms with Crippen LogP contribution in [-0.4, -0.2) is 56.8 Å². The van der Waals surface area contributed by atoms with E-state index in [4.69, 9.17) is 0 Å². The molecule has 0 unspecified atom stereocenters. The quantitative estimate of drug-likeness (QED) is 0.254. The van der Waals surface area contributed by atoms with Crippen molar-refractivity contribution < 1.29 is 14.0 Å². The van der Waals surface area contributed by atoms with E-state index >= 15 is 0 Å². The molecule has 3 heterocycles. The van der Waals surface area contributed by atoms with E-state index in [1.54, 1.807) is 4.90 Å². The maximum absolute atomic E-state index is 13.4. The van der Waals surface area contributed by atoms with Crippen molar-refractivity contribution in [3.63, 3.8) is 0 Å². The van der Waals surface area contributed by atoms with Crippen molar-refractivity contribution in [2.24, 2.45) is 0 Å². The molecule has 1 saturated heterocycles. The zero-order valence-corrected chi connectivity index (χ0v) is 24.2. The van der Waals surface area contributed by atoms with Gasteiger partial charge in [-0.3, -0.25) is 14.5 Å². The number of rotatable bonds is 11. The van der Waals surface area contributed by atoms with E-state index in [0.717, 1.165) is 49.6 Å². The summed E-state index contributed by atoms with van der Waals surface area (Å²) in [6, 6.07) is 20.2. The first-order valence-corrected chi connectivity index (χ1v) is 15.1.